The number of pyridine rings is 1. The van der Waals surface area contributed by atoms with E-state index in [4.69, 9.17) is 0 Å². The average molecular weight is 298 g/mol. The largest absolute Gasteiger partial charge is 0.508 e. The van der Waals surface area contributed by atoms with Crippen LogP contribution in [0.5, 0.6) is 5.75 Å². The summed E-state index contributed by atoms with van der Waals surface area (Å²) in [6.07, 6.45) is 3.22. The molecule has 0 radical (unpaired) electrons. The minimum Gasteiger partial charge on any atom is -0.508 e. The third kappa shape index (κ3) is 3.35. The molecule has 1 aromatic heterocycles. The average Bonchev–Trinajstić information content (AvgIpc) is 2.57. The molecule has 1 aromatic carbocycles. The smallest absolute Gasteiger partial charge is 0.265 e. The number of phenolic OH excluding ortho intramolecular Hbond substituents is 1. The number of rotatable bonds is 3. The van der Waals surface area contributed by atoms with Gasteiger partial charge in [0.1, 0.15) is 5.75 Å². The molecule has 0 bridgehead atoms. The van der Waals surface area contributed by atoms with Crippen LogP contribution in [0.2, 0.25) is 0 Å². The Kier molecular flexibility index (Phi) is 4.20. The number of carbonyl (C=O) groups is 1. The standard InChI is InChI=1S/C16H18N4O2/c21-15-3-1-14(2-4-15)19-9-11-20(12-10-19)18-16(22)13-5-7-17-8-6-13/h1-8,21H,9-12H2,(H,18,22). The van der Waals surface area contributed by atoms with Gasteiger partial charge in [-0.05, 0) is 36.4 Å². The van der Waals surface area contributed by atoms with E-state index >= 15 is 0 Å². The van der Waals surface area contributed by atoms with Crippen molar-refractivity contribution in [2.75, 3.05) is 31.1 Å². The highest BCUT2D eigenvalue weighted by atomic mass is 16.3. The van der Waals surface area contributed by atoms with Gasteiger partial charge < -0.3 is 10.0 Å². The molecule has 6 heteroatoms. The number of amides is 1. The Morgan fingerprint density at radius 2 is 1.64 bits per heavy atom. The van der Waals surface area contributed by atoms with Crippen molar-refractivity contribution in [3.8, 4) is 5.75 Å². The quantitative estimate of drug-likeness (QED) is 0.892. The van der Waals surface area contributed by atoms with Gasteiger partial charge in [-0.1, -0.05) is 0 Å². The van der Waals surface area contributed by atoms with Crippen molar-refractivity contribution in [1.82, 2.24) is 15.4 Å². The van der Waals surface area contributed by atoms with Crippen LogP contribution >= 0.6 is 0 Å². The van der Waals surface area contributed by atoms with Crippen molar-refractivity contribution in [2.24, 2.45) is 0 Å². The van der Waals surface area contributed by atoms with Crippen molar-refractivity contribution in [1.29, 1.82) is 0 Å². The Morgan fingerprint density at radius 1 is 1.00 bits per heavy atom. The number of nitrogens with one attached hydrogen (secondary N) is 1. The molecule has 1 fully saturated rings. The molecule has 3 rings (SSSR count). The molecule has 2 heterocycles. The number of aromatic nitrogens is 1. The van der Waals surface area contributed by atoms with Crippen LogP contribution < -0.4 is 10.3 Å². The molecule has 1 amide bonds. The van der Waals surface area contributed by atoms with Gasteiger partial charge in [0, 0.05) is 49.8 Å². The van der Waals surface area contributed by atoms with Gasteiger partial charge in [-0.3, -0.25) is 15.2 Å². The molecular weight excluding hydrogens is 280 g/mol. The molecule has 0 saturated carbocycles. The van der Waals surface area contributed by atoms with E-state index in [0.717, 1.165) is 31.9 Å². The van der Waals surface area contributed by atoms with E-state index in [2.05, 4.69) is 15.3 Å². The first-order valence-corrected chi connectivity index (χ1v) is 7.22. The Labute approximate surface area is 129 Å². The van der Waals surface area contributed by atoms with Crippen molar-refractivity contribution >= 4 is 11.6 Å². The highest BCUT2D eigenvalue weighted by Gasteiger charge is 2.19. The monoisotopic (exact) mass is 298 g/mol. The molecule has 114 valence electrons. The van der Waals surface area contributed by atoms with Crippen LogP contribution in [0.25, 0.3) is 0 Å². The molecule has 0 unspecified atom stereocenters. The lowest BCUT2D eigenvalue weighted by Gasteiger charge is -2.36. The summed E-state index contributed by atoms with van der Waals surface area (Å²) in [6, 6.07) is 10.6. The number of aromatic hydroxyl groups is 1. The summed E-state index contributed by atoms with van der Waals surface area (Å²) in [4.78, 5) is 18.2. The molecule has 1 aliphatic heterocycles. The molecule has 1 aliphatic rings. The van der Waals surface area contributed by atoms with E-state index in [-0.39, 0.29) is 11.7 Å². The Balaban J connectivity index is 1.53. The minimum atomic E-state index is -0.111. The summed E-state index contributed by atoms with van der Waals surface area (Å²) >= 11 is 0. The maximum Gasteiger partial charge on any atom is 0.265 e. The van der Waals surface area contributed by atoms with Gasteiger partial charge in [-0.25, -0.2) is 5.01 Å². The highest BCUT2D eigenvalue weighted by molar-refractivity contribution is 5.93. The van der Waals surface area contributed by atoms with E-state index in [1.54, 1.807) is 36.7 Å². The normalized spacial score (nSPS) is 15.5. The minimum absolute atomic E-state index is 0.111. The Bertz CT molecular complexity index is 622. The molecule has 1 saturated heterocycles. The second-order valence-corrected chi connectivity index (χ2v) is 5.17. The van der Waals surface area contributed by atoms with Gasteiger partial charge >= 0.3 is 0 Å². The van der Waals surface area contributed by atoms with Crippen LogP contribution in [-0.4, -0.2) is 47.2 Å². The van der Waals surface area contributed by atoms with Crippen molar-refractivity contribution in [2.45, 2.75) is 0 Å². The Hall–Kier alpha value is -2.60. The lowest BCUT2D eigenvalue weighted by molar-refractivity contribution is 0.0777. The zero-order valence-corrected chi connectivity index (χ0v) is 12.1. The maximum atomic E-state index is 12.1. The lowest BCUT2D eigenvalue weighted by atomic mass is 10.2. The topological polar surface area (TPSA) is 68.7 Å². The van der Waals surface area contributed by atoms with Gasteiger partial charge in [0.25, 0.3) is 5.91 Å². The fraction of sp³-hybridized carbons (Fsp3) is 0.250. The highest BCUT2D eigenvalue weighted by Crippen LogP contribution is 2.19. The number of hydrogen-bond acceptors (Lipinski definition) is 5. The zero-order valence-electron chi connectivity index (χ0n) is 12.1. The first-order valence-electron chi connectivity index (χ1n) is 7.22. The van der Waals surface area contributed by atoms with E-state index in [0.29, 0.717) is 5.56 Å². The number of hydrazine groups is 1. The summed E-state index contributed by atoms with van der Waals surface area (Å²) in [5.41, 5.74) is 4.61. The molecular formula is C16H18N4O2. The fourth-order valence-electron chi connectivity index (χ4n) is 2.45. The molecule has 2 N–H and O–H groups in total. The van der Waals surface area contributed by atoms with Crippen LogP contribution in [0.3, 0.4) is 0 Å². The molecule has 22 heavy (non-hydrogen) atoms. The number of piperazine rings is 1. The van der Waals surface area contributed by atoms with Gasteiger partial charge in [-0.15, -0.1) is 0 Å². The lowest BCUT2D eigenvalue weighted by Crippen LogP contribution is -2.53. The van der Waals surface area contributed by atoms with Crippen molar-refractivity contribution in [3.05, 3.63) is 54.4 Å². The van der Waals surface area contributed by atoms with E-state index in [9.17, 15) is 9.90 Å². The van der Waals surface area contributed by atoms with Gasteiger partial charge in [0.05, 0.1) is 0 Å². The summed E-state index contributed by atoms with van der Waals surface area (Å²) in [5, 5.41) is 11.3. The summed E-state index contributed by atoms with van der Waals surface area (Å²) in [5.74, 6) is 0.160. The molecule has 2 aromatic rings. The predicted molar refractivity (Wildman–Crippen MR) is 83.6 cm³/mol. The molecule has 0 atom stereocenters. The van der Waals surface area contributed by atoms with Gasteiger partial charge in [0.15, 0.2) is 0 Å². The number of carbonyl (C=O) groups excluding carboxylic acids is 1. The molecule has 0 aliphatic carbocycles. The first kappa shape index (κ1) is 14.3. The van der Waals surface area contributed by atoms with E-state index in [1.807, 2.05) is 17.1 Å². The SMILES string of the molecule is O=C(NN1CCN(c2ccc(O)cc2)CC1)c1ccncc1. The van der Waals surface area contributed by atoms with Crippen LogP contribution in [0.1, 0.15) is 10.4 Å². The zero-order chi connectivity index (χ0) is 15.4. The maximum absolute atomic E-state index is 12.1. The number of hydrogen-bond donors (Lipinski definition) is 2. The number of nitrogens with zero attached hydrogens (tertiary/aromatic N) is 3. The summed E-state index contributed by atoms with van der Waals surface area (Å²) in [7, 11) is 0. The van der Waals surface area contributed by atoms with Crippen LogP contribution in [0, 0.1) is 0 Å². The predicted octanol–water partition coefficient (Wildman–Crippen LogP) is 1.25. The fourth-order valence-corrected chi connectivity index (χ4v) is 2.45. The molecule has 0 spiro atoms. The third-order valence-corrected chi connectivity index (χ3v) is 3.70. The third-order valence-electron chi connectivity index (χ3n) is 3.70. The summed E-state index contributed by atoms with van der Waals surface area (Å²) < 4.78 is 0. The van der Waals surface area contributed by atoms with Crippen molar-refractivity contribution in [3.63, 3.8) is 0 Å². The summed E-state index contributed by atoms with van der Waals surface area (Å²) in [6.45, 7) is 3.14. The van der Waals surface area contributed by atoms with Crippen molar-refractivity contribution < 1.29 is 9.90 Å². The van der Waals surface area contributed by atoms with Crippen LogP contribution in [0.15, 0.2) is 48.8 Å². The van der Waals surface area contributed by atoms with Crippen LogP contribution in [-0.2, 0) is 0 Å². The number of phenols is 1. The number of benzene rings is 1. The molecule has 6 nitrogen and oxygen atoms in total. The second kappa shape index (κ2) is 6.44. The second-order valence-electron chi connectivity index (χ2n) is 5.17. The van der Waals surface area contributed by atoms with Gasteiger partial charge in [0.2, 0.25) is 0 Å². The van der Waals surface area contributed by atoms with Crippen LogP contribution in [0.4, 0.5) is 5.69 Å². The van der Waals surface area contributed by atoms with Gasteiger partial charge in [-0.2, -0.15) is 0 Å². The van der Waals surface area contributed by atoms with E-state index in [1.165, 1.54) is 0 Å². The first-order chi connectivity index (χ1) is 10.7. The number of anilines is 1. The Morgan fingerprint density at radius 3 is 2.27 bits per heavy atom. The van der Waals surface area contributed by atoms with E-state index < -0.39 is 0 Å².